The van der Waals surface area contributed by atoms with Crippen LogP contribution in [0, 0.1) is 0 Å². The first kappa shape index (κ1) is 18.2. The highest BCUT2D eigenvalue weighted by atomic mass is 32.2. The minimum Gasteiger partial charge on any atom is -0.431 e. The Bertz CT molecular complexity index is 1180. The van der Waals surface area contributed by atoms with Crippen LogP contribution < -0.4 is 0 Å². The third-order valence-electron chi connectivity index (χ3n) is 3.99. The molecule has 0 saturated heterocycles. The van der Waals surface area contributed by atoms with E-state index in [0.717, 1.165) is 16.3 Å². The van der Waals surface area contributed by atoms with Crippen molar-refractivity contribution in [1.82, 2.24) is 9.97 Å². The Labute approximate surface area is 165 Å². The van der Waals surface area contributed by atoms with Gasteiger partial charge in [0.25, 0.3) is 5.22 Å². The van der Waals surface area contributed by atoms with Crippen molar-refractivity contribution in [3.05, 3.63) is 59.6 Å². The lowest BCUT2D eigenvalue weighted by molar-refractivity contribution is 0.489. The second-order valence-electron chi connectivity index (χ2n) is 5.81. The van der Waals surface area contributed by atoms with Gasteiger partial charge >= 0.3 is 0 Å². The van der Waals surface area contributed by atoms with E-state index in [9.17, 15) is 8.42 Å². The van der Waals surface area contributed by atoms with Gasteiger partial charge in [0.1, 0.15) is 10.5 Å². The topological polar surface area (TPSA) is 73.1 Å². The van der Waals surface area contributed by atoms with Crippen LogP contribution >= 0.6 is 23.1 Å². The Balaban J connectivity index is 1.50. The van der Waals surface area contributed by atoms with Crippen LogP contribution in [0.25, 0.3) is 21.7 Å². The van der Waals surface area contributed by atoms with E-state index in [0.29, 0.717) is 22.1 Å². The van der Waals surface area contributed by atoms with Crippen molar-refractivity contribution in [3.63, 3.8) is 0 Å². The average Bonchev–Trinajstić information content (AvgIpc) is 3.33. The maximum atomic E-state index is 12.0. The van der Waals surface area contributed by atoms with E-state index in [-0.39, 0.29) is 10.6 Å². The Morgan fingerprint density at radius 2 is 1.93 bits per heavy atom. The maximum absolute atomic E-state index is 12.0. The summed E-state index contributed by atoms with van der Waals surface area (Å²) < 4.78 is 29.7. The molecule has 0 fully saturated rings. The summed E-state index contributed by atoms with van der Waals surface area (Å²) in [5.41, 5.74) is 3.19. The molecule has 4 aromatic rings. The molecule has 0 aliphatic carbocycles. The zero-order valence-electron chi connectivity index (χ0n) is 14.5. The van der Waals surface area contributed by atoms with Gasteiger partial charge in [-0.25, -0.2) is 18.4 Å². The van der Waals surface area contributed by atoms with Crippen LogP contribution in [-0.2, 0) is 15.6 Å². The molecule has 0 aliphatic rings. The highest BCUT2D eigenvalue weighted by molar-refractivity contribution is 7.98. The summed E-state index contributed by atoms with van der Waals surface area (Å²) in [6, 6.07) is 14.8. The van der Waals surface area contributed by atoms with Crippen molar-refractivity contribution in [2.45, 2.75) is 22.8 Å². The highest BCUT2D eigenvalue weighted by Gasteiger charge is 2.15. The first-order chi connectivity index (χ1) is 13.0. The predicted octanol–water partition coefficient (Wildman–Crippen LogP) is 5.04. The van der Waals surface area contributed by atoms with Crippen LogP contribution in [0.5, 0.6) is 0 Å². The molecular formula is C19H16N2O3S3. The van der Waals surface area contributed by atoms with Gasteiger partial charge in [-0.3, -0.25) is 0 Å². The number of hydrogen-bond donors (Lipinski definition) is 0. The molecule has 0 bridgehead atoms. The summed E-state index contributed by atoms with van der Waals surface area (Å²) in [5, 5.41) is 3.52. The van der Waals surface area contributed by atoms with Crippen LogP contribution in [-0.4, -0.2) is 24.1 Å². The minimum absolute atomic E-state index is 0.0610. The normalized spacial score (nSPS) is 11.9. The van der Waals surface area contributed by atoms with Crippen molar-refractivity contribution in [3.8, 4) is 10.6 Å². The monoisotopic (exact) mass is 416 g/mol. The van der Waals surface area contributed by atoms with Gasteiger partial charge in [0, 0.05) is 16.7 Å². The van der Waals surface area contributed by atoms with Gasteiger partial charge in [0.2, 0.25) is 0 Å². The number of hydrogen-bond acceptors (Lipinski definition) is 7. The van der Waals surface area contributed by atoms with Gasteiger partial charge in [-0.1, -0.05) is 49.0 Å². The lowest BCUT2D eigenvalue weighted by Crippen LogP contribution is -2.03. The first-order valence-corrected chi connectivity index (χ1v) is 11.8. The van der Waals surface area contributed by atoms with Gasteiger partial charge in [0.15, 0.2) is 15.4 Å². The summed E-state index contributed by atoms with van der Waals surface area (Å²) in [5.74, 6) is 0.696. The molecule has 2 aromatic carbocycles. The summed E-state index contributed by atoms with van der Waals surface area (Å²) in [6.07, 6.45) is 0. The molecule has 27 heavy (non-hydrogen) atoms. The first-order valence-electron chi connectivity index (χ1n) is 8.31. The number of aromatic nitrogens is 2. The Hall–Kier alpha value is -2.16. The van der Waals surface area contributed by atoms with E-state index in [4.69, 9.17) is 4.42 Å². The molecule has 0 saturated carbocycles. The fraction of sp³-hybridized carbons (Fsp3) is 0.158. The smallest absolute Gasteiger partial charge is 0.257 e. The third kappa shape index (κ3) is 3.92. The summed E-state index contributed by atoms with van der Waals surface area (Å²) in [6.45, 7) is 1.63. The Morgan fingerprint density at radius 3 is 2.70 bits per heavy atom. The van der Waals surface area contributed by atoms with Crippen LogP contribution in [0.3, 0.4) is 0 Å². The van der Waals surface area contributed by atoms with Crippen LogP contribution in [0.2, 0.25) is 0 Å². The molecule has 138 valence electrons. The zero-order valence-corrected chi connectivity index (χ0v) is 16.9. The van der Waals surface area contributed by atoms with E-state index in [1.807, 2.05) is 35.7 Å². The number of oxazole rings is 1. The molecule has 0 amide bonds. The number of thioether (sulfide) groups is 1. The lowest BCUT2D eigenvalue weighted by Gasteiger charge is -1.99. The number of thiazole rings is 1. The fourth-order valence-electron chi connectivity index (χ4n) is 2.53. The quantitative estimate of drug-likeness (QED) is 0.410. The molecule has 0 aliphatic heterocycles. The molecule has 5 nitrogen and oxygen atoms in total. The average molecular weight is 417 g/mol. The molecule has 8 heteroatoms. The molecule has 0 unspecified atom stereocenters. The van der Waals surface area contributed by atoms with Crippen LogP contribution in [0.4, 0.5) is 0 Å². The van der Waals surface area contributed by atoms with Gasteiger partial charge in [-0.15, -0.1) is 11.3 Å². The minimum atomic E-state index is -3.26. The Morgan fingerprint density at radius 1 is 1.11 bits per heavy atom. The second-order valence-corrected chi connectivity index (χ2v) is 9.87. The largest absolute Gasteiger partial charge is 0.431 e. The van der Waals surface area contributed by atoms with Gasteiger partial charge in [-0.05, 0) is 18.2 Å². The maximum Gasteiger partial charge on any atom is 0.257 e. The van der Waals surface area contributed by atoms with Gasteiger partial charge < -0.3 is 4.42 Å². The number of benzene rings is 2. The van der Waals surface area contributed by atoms with Gasteiger partial charge in [-0.2, -0.15) is 0 Å². The standard InChI is InChI=1S/C19H16N2O3S3/c1-2-27(22,23)15-8-9-17-16(10-15)21-19(24-17)26-12-14-11-25-18(20-14)13-6-4-3-5-7-13/h3-11H,2,12H2,1H3. The van der Waals surface area contributed by atoms with E-state index < -0.39 is 9.84 Å². The predicted molar refractivity (Wildman–Crippen MR) is 109 cm³/mol. The third-order valence-corrected chi connectivity index (χ3v) is 7.53. The molecule has 0 spiro atoms. The van der Waals surface area contributed by atoms with Crippen molar-refractivity contribution in [2.75, 3.05) is 5.75 Å². The van der Waals surface area contributed by atoms with E-state index in [1.165, 1.54) is 11.8 Å². The van der Waals surface area contributed by atoms with Crippen molar-refractivity contribution in [2.24, 2.45) is 0 Å². The number of sulfone groups is 1. The fourth-order valence-corrected chi connectivity index (χ4v) is 5.09. The highest BCUT2D eigenvalue weighted by Crippen LogP contribution is 2.30. The number of nitrogens with zero attached hydrogens (tertiary/aromatic N) is 2. The molecule has 0 N–H and O–H groups in total. The molecule has 0 radical (unpaired) electrons. The van der Waals surface area contributed by atoms with E-state index in [1.54, 1.807) is 36.5 Å². The molecule has 2 heterocycles. The summed E-state index contributed by atoms with van der Waals surface area (Å²) >= 11 is 3.05. The van der Waals surface area contributed by atoms with E-state index in [2.05, 4.69) is 9.97 Å². The van der Waals surface area contributed by atoms with Crippen LogP contribution in [0.1, 0.15) is 12.6 Å². The van der Waals surface area contributed by atoms with Crippen molar-refractivity contribution in [1.29, 1.82) is 0 Å². The molecule has 0 atom stereocenters. The lowest BCUT2D eigenvalue weighted by atomic mass is 10.2. The molecular weight excluding hydrogens is 400 g/mol. The molecule has 2 aromatic heterocycles. The SMILES string of the molecule is CCS(=O)(=O)c1ccc2oc(SCc3csc(-c4ccccc4)n3)nc2c1. The number of fused-ring (bicyclic) bond motifs is 1. The van der Waals surface area contributed by atoms with Gasteiger partial charge in [0.05, 0.1) is 16.3 Å². The van der Waals surface area contributed by atoms with E-state index >= 15 is 0 Å². The number of rotatable bonds is 6. The summed E-state index contributed by atoms with van der Waals surface area (Å²) in [4.78, 5) is 9.34. The second kappa shape index (κ2) is 7.46. The van der Waals surface area contributed by atoms with Crippen molar-refractivity contribution >= 4 is 44.0 Å². The van der Waals surface area contributed by atoms with Crippen LogP contribution in [0.15, 0.2) is 68.4 Å². The zero-order chi connectivity index (χ0) is 18.9. The molecule has 4 rings (SSSR count). The summed E-state index contributed by atoms with van der Waals surface area (Å²) in [7, 11) is -3.26. The Kier molecular flexibility index (Phi) is 5.03. The van der Waals surface area contributed by atoms with Crippen molar-refractivity contribution < 1.29 is 12.8 Å².